The van der Waals surface area contributed by atoms with Crippen molar-refractivity contribution in [2.24, 2.45) is 11.3 Å². The second-order valence-corrected chi connectivity index (χ2v) is 5.95. The van der Waals surface area contributed by atoms with E-state index in [0.717, 1.165) is 5.56 Å². The van der Waals surface area contributed by atoms with Gasteiger partial charge in [-0.25, -0.2) is 0 Å². The quantitative estimate of drug-likeness (QED) is 0.513. The molecule has 1 aromatic carbocycles. The molecule has 0 saturated heterocycles. The summed E-state index contributed by atoms with van der Waals surface area (Å²) in [6, 6.07) is 9.46. The molecule has 5 heteroatoms. The first-order valence-electron chi connectivity index (χ1n) is 8.24. The lowest BCUT2D eigenvalue weighted by molar-refractivity contribution is -0.161. The second kappa shape index (κ2) is 9.21. The summed E-state index contributed by atoms with van der Waals surface area (Å²) < 4.78 is 10.2. The van der Waals surface area contributed by atoms with E-state index in [2.05, 4.69) is 0 Å². The predicted molar refractivity (Wildman–Crippen MR) is 90.3 cm³/mol. The molecule has 0 N–H and O–H groups in total. The Morgan fingerprint density at radius 3 is 2.12 bits per heavy atom. The van der Waals surface area contributed by atoms with E-state index in [-0.39, 0.29) is 25.4 Å². The van der Waals surface area contributed by atoms with Crippen molar-refractivity contribution in [1.82, 2.24) is 0 Å². The van der Waals surface area contributed by atoms with Crippen LogP contribution in [0.25, 0.3) is 0 Å². The van der Waals surface area contributed by atoms with Gasteiger partial charge in [0.05, 0.1) is 19.1 Å². The van der Waals surface area contributed by atoms with Crippen molar-refractivity contribution < 1.29 is 23.9 Å². The first kappa shape index (κ1) is 19.9. The van der Waals surface area contributed by atoms with Gasteiger partial charge in [0.2, 0.25) is 0 Å². The molecule has 24 heavy (non-hydrogen) atoms. The Labute approximate surface area is 143 Å². The number of hydrogen-bond donors (Lipinski definition) is 0. The third-order valence-electron chi connectivity index (χ3n) is 4.10. The van der Waals surface area contributed by atoms with Crippen molar-refractivity contribution in [3.63, 3.8) is 0 Å². The summed E-state index contributed by atoms with van der Waals surface area (Å²) in [6.45, 7) is 6.73. The highest BCUT2D eigenvalue weighted by Gasteiger charge is 2.43. The minimum Gasteiger partial charge on any atom is -0.466 e. The fourth-order valence-electron chi connectivity index (χ4n) is 2.55. The highest BCUT2D eigenvalue weighted by molar-refractivity contribution is 6.02. The summed E-state index contributed by atoms with van der Waals surface area (Å²) >= 11 is 0. The number of hydrogen-bond acceptors (Lipinski definition) is 5. The molecule has 2 unspecified atom stereocenters. The van der Waals surface area contributed by atoms with Crippen molar-refractivity contribution in [2.75, 3.05) is 13.2 Å². The fourth-order valence-corrected chi connectivity index (χ4v) is 2.55. The molecule has 2 atom stereocenters. The molecule has 1 rings (SSSR count). The van der Waals surface area contributed by atoms with E-state index < -0.39 is 23.3 Å². The van der Waals surface area contributed by atoms with Crippen molar-refractivity contribution in [3.05, 3.63) is 35.9 Å². The number of carbonyl (C=O) groups excluding carboxylic acids is 3. The Morgan fingerprint density at radius 2 is 1.62 bits per heavy atom. The van der Waals surface area contributed by atoms with Crippen molar-refractivity contribution in [3.8, 4) is 0 Å². The smallest absolute Gasteiger partial charge is 0.319 e. The van der Waals surface area contributed by atoms with Crippen LogP contribution in [-0.4, -0.2) is 30.9 Å². The van der Waals surface area contributed by atoms with Gasteiger partial charge in [0.1, 0.15) is 11.2 Å². The maximum atomic E-state index is 12.3. The molecule has 0 fully saturated rings. The summed E-state index contributed by atoms with van der Waals surface area (Å²) in [6.07, 6.45) is 0.469. The summed E-state index contributed by atoms with van der Waals surface area (Å²) in [5.74, 6) is -1.91. The number of Topliss-reactive ketones (excluding diaryl/α,β-unsaturated/α-hetero) is 1. The van der Waals surface area contributed by atoms with Crippen LogP contribution in [0, 0.1) is 11.3 Å². The van der Waals surface area contributed by atoms with E-state index in [1.807, 2.05) is 30.3 Å². The van der Waals surface area contributed by atoms with Crippen LogP contribution in [-0.2, 0) is 30.3 Å². The van der Waals surface area contributed by atoms with E-state index in [0.29, 0.717) is 6.42 Å². The Balaban J connectivity index is 3.06. The molecular weight excluding hydrogens is 308 g/mol. The molecule has 0 saturated carbocycles. The van der Waals surface area contributed by atoms with Crippen LogP contribution in [0.2, 0.25) is 0 Å². The summed E-state index contributed by atoms with van der Waals surface area (Å²) in [5, 5.41) is 0. The van der Waals surface area contributed by atoms with E-state index >= 15 is 0 Å². The molecule has 0 amide bonds. The molecule has 0 radical (unpaired) electrons. The van der Waals surface area contributed by atoms with Crippen molar-refractivity contribution in [2.45, 2.75) is 40.5 Å². The zero-order valence-electron chi connectivity index (χ0n) is 14.8. The van der Waals surface area contributed by atoms with Crippen LogP contribution >= 0.6 is 0 Å². The molecule has 0 aliphatic carbocycles. The number of benzene rings is 1. The maximum absolute atomic E-state index is 12.3. The monoisotopic (exact) mass is 334 g/mol. The minimum absolute atomic E-state index is 0.0644. The molecule has 0 heterocycles. The SMILES string of the molecule is CCOC(=O)C(Cc1ccccc1)CC(C)(C(C)=O)C(=O)OCC. The van der Waals surface area contributed by atoms with Gasteiger partial charge in [0.25, 0.3) is 0 Å². The van der Waals surface area contributed by atoms with Gasteiger partial charge in [0, 0.05) is 0 Å². The van der Waals surface area contributed by atoms with Gasteiger partial charge < -0.3 is 9.47 Å². The van der Waals surface area contributed by atoms with E-state index in [1.54, 1.807) is 13.8 Å². The van der Waals surface area contributed by atoms with E-state index in [9.17, 15) is 14.4 Å². The second-order valence-electron chi connectivity index (χ2n) is 5.95. The van der Waals surface area contributed by atoms with Crippen LogP contribution < -0.4 is 0 Å². The lowest BCUT2D eigenvalue weighted by Crippen LogP contribution is -2.40. The topological polar surface area (TPSA) is 69.7 Å². The Bertz CT molecular complexity index is 566. The molecular formula is C19H26O5. The molecule has 0 aliphatic rings. The maximum Gasteiger partial charge on any atom is 0.319 e. The van der Waals surface area contributed by atoms with Gasteiger partial charge in [-0.05, 0) is 46.1 Å². The first-order valence-corrected chi connectivity index (χ1v) is 8.24. The van der Waals surface area contributed by atoms with Crippen LogP contribution in [0.5, 0.6) is 0 Å². The summed E-state index contributed by atoms with van der Waals surface area (Å²) in [5.41, 5.74) is -0.410. The normalized spacial score (nSPS) is 14.3. The average molecular weight is 334 g/mol. The number of rotatable bonds is 9. The largest absolute Gasteiger partial charge is 0.466 e. The van der Waals surface area contributed by atoms with Gasteiger partial charge in [-0.2, -0.15) is 0 Å². The summed E-state index contributed by atoms with van der Waals surface area (Å²) in [4.78, 5) is 36.7. The van der Waals surface area contributed by atoms with Crippen LogP contribution in [0.15, 0.2) is 30.3 Å². The standard InChI is InChI=1S/C19H26O5/c1-5-23-17(21)16(12-15-10-8-7-9-11-15)13-19(4,14(3)20)18(22)24-6-2/h7-11,16H,5-6,12-13H2,1-4H3. The molecule has 1 aromatic rings. The van der Waals surface area contributed by atoms with Crippen molar-refractivity contribution in [1.29, 1.82) is 0 Å². The Morgan fingerprint density at radius 1 is 1.04 bits per heavy atom. The zero-order valence-corrected chi connectivity index (χ0v) is 14.8. The third kappa shape index (κ3) is 5.18. The fraction of sp³-hybridized carbons (Fsp3) is 0.526. The molecule has 132 valence electrons. The molecule has 0 bridgehead atoms. The van der Waals surface area contributed by atoms with Gasteiger partial charge in [-0.1, -0.05) is 30.3 Å². The number of ketones is 1. The highest BCUT2D eigenvalue weighted by Crippen LogP contribution is 2.31. The average Bonchev–Trinajstić information content (AvgIpc) is 2.55. The zero-order chi connectivity index (χ0) is 18.2. The Kier molecular flexibility index (Phi) is 7.62. The van der Waals surface area contributed by atoms with Gasteiger partial charge in [0.15, 0.2) is 0 Å². The predicted octanol–water partition coefficient (Wildman–Crippen LogP) is 2.96. The third-order valence-corrected chi connectivity index (χ3v) is 4.10. The van der Waals surface area contributed by atoms with Crippen molar-refractivity contribution >= 4 is 17.7 Å². The summed E-state index contributed by atoms with van der Waals surface area (Å²) in [7, 11) is 0. The van der Waals surface area contributed by atoms with Gasteiger partial charge in [-0.15, -0.1) is 0 Å². The van der Waals surface area contributed by atoms with Gasteiger partial charge in [-0.3, -0.25) is 14.4 Å². The van der Waals surface area contributed by atoms with E-state index in [1.165, 1.54) is 13.8 Å². The lowest BCUT2D eigenvalue weighted by atomic mass is 9.76. The molecule has 0 spiro atoms. The molecule has 5 nitrogen and oxygen atoms in total. The minimum atomic E-state index is -1.36. The van der Waals surface area contributed by atoms with E-state index in [4.69, 9.17) is 9.47 Å². The lowest BCUT2D eigenvalue weighted by Gasteiger charge is -2.28. The number of carbonyl (C=O) groups is 3. The number of ether oxygens (including phenoxy) is 2. The van der Waals surface area contributed by atoms with Crippen LogP contribution in [0.3, 0.4) is 0 Å². The first-order chi connectivity index (χ1) is 11.3. The number of esters is 2. The van der Waals surface area contributed by atoms with Crippen LogP contribution in [0.4, 0.5) is 0 Å². The molecule has 0 aliphatic heterocycles. The highest BCUT2D eigenvalue weighted by atomic mass is 16.5. The molecule has 0 aromatic heterocycles. The van der Waals surface area contributed by atoms with Gasteiger partial charge >= 0.3 is 11.9 Å². The van der Waals surface area contributed by atoms with Crippen LogP contribution in [0.1, 0.15) is 39.7 Å². The Hall–Kier alpha value is -2.17.